The number of esters is 1. The van der Waals surface area contributed by atoms with Gasteiger partial charge in [0, 0.05) is 41.6 Å². The third-order valence-electron chi connectivity index (χ3n) is 9.28. The molecular formula is C40H47N5O7. The number of carbonyl (C=O) groups is 4. The number of carbonyl (C=O) groups excluding carboxylic acids is 4. The lowest BCUT2D eigenvalue weighted by atomic mass is 9.77. The van der Waals surface area contributed by atoms with Gasteiger partial charge in [-0.05, 0) is 112 Å². The monoisotopic (exact) mass is 709 g/mol. The zero-order valence-electron chi connectivity index (χ0n) is 30.4. The second-order valence-corrected chi connectivity index (χ2v) is 14.2. The van der Waals surface area contributed by atoms with Crippen molar-refractivity contribution in [2.45, 2.75) is 64.9 Å². The Bertz CT molecular complexity index is 1810. The van der Waals surface area contributed by atoms with E-state index < -0.39 is 23.6 Å². The van der Waals surface area contributed by atoms with Crippen LogP contribution in [0.2, 0.25) is 0 Å². The number of alkyl carbamates (subject to hydrolysis) is 1. The number of azo groups is 1. The number of nitrogens with zero attached hydrogens (tertiary/aromatic N) is 3. The summed E-state index contributed by atoms with van der Waals surface area (Å²) < 4.78 is 15.8. The number of ketones is 1. The van der Waals surface area contributed by atoms with Gasteiger partial charge in [0.05, 0.1) is 19.8 Å². The third kappa shape index (κ3) is 10.3. The average molecular weight is 710 g/mol. The number of hydrogen-bond donors (Lipinski definition) is 2. The zero-order valence-corrected chi connectivity index (χ0v) is 30.4. The molecule has 3 aromatic carbocycles. The van der Waals surface area contributed by atoms with Crippen molar-refractivity contribution in [3.63, 3.8) is 0 Å². The number of anilines is 1. The largest absolute Gasteiger partial charge is 0.496 e. The number of methoxy groups -OCH3 is 2. The van der Waals surface area contributed by atoms with Gasteiger partial charge in [0.25, 0.3) is 0 Å². The standard InChI is InChI=1S/C40H47N5O7/c1-40(2,3)52-39(49)41-23-26-8-12-28(13-9-26)34(46)21-31(37(47)44-32-17-14-29(15-18-32)36-42-24-43-45-36)20-25-6-10-27(11-7-25)33-19-16-30(38(48)51-5)22-35(33)50-4/h6-7,10-11,14-19,22,26,28,31H,8-9,12-13,20-21,23-24H2,1-5H3,(H,41,49)(H,44,47)/t26?,28?,31-/m1/s1. The van der Waals surface area contributed by atoms with Gasteiger partial charge in [0.1, 0.15) is 17.1 Å². The first-order valence-electron chi connectivity index (χ1n) is 17.6. The molecule has 0 bridgehead atoms. The smallest absolute Gasteiger partial charge is 0.407 e. The minimum Gasteiger partial charge on any atom is -0.496 e. The van der Waals surface area contributed by atoms with Crippen LogP contribution in [-0.2, 0) is 25.5 Å². The molecule has 2 aliphatic rings. The number of aliphatic imine (C=N–C) groups is 1. The summed E-state index contributed by atoms with van der Waals surface area (Å²) in [5.41, 5.74) is 3.81. The maximum absolute atomic E-state index is 13.8. The summed E-state index contributed by atoms with van der Waals surface area (Å²) >= 11 is 0. The number of amides is 2. The molecule has 1 atom stereocenters. The number of ether oxygens (including phenoxy) is 3. The molecular weight excluding hydrogens is 662 g/mol. The molecule has 2 amide bonds. The molecule has 12 heteroatoms. The topological polar surface area (TPSA) is 157 Å². The predicted octanol–water partition coefficient (Wildman–Crippen LogP) is 7.41. The minimum absolute atomic E-state index is 0.0747. The van der Waals surface area contributed by atoms with Crippen LogP contribution in [0.1, 0.15) is 74.4 Å². The second-order valence-electron chi connectivity index (χ2n) is 14.2. The summed E-state index contributed by atoms with van der Waals surface area (Å²) in [4.78, 5) is 56.0. The quantitative estimate of drug-likeness (QED) is 0.175. The van der Waals surface area contributed by atoms with Gasteiger partial charge in [-0.1, -0.05) is 24.3 Å². The van der Waals surface area contributed by atoms with Gasteiger partial charge in [-0.25, -0.2) is 14.6 Å². The Labute approximate surface area is 304 Å². The van der Waals surface area contributed by atoms with E-state index in [1.54, 1.807) is 31.4 Å². The molecule has 1 aliphatic heterocycles. The lowest BCUT2D eigenvalue weighted by Crippen LogP contribution is -2.37. The number of amidine groups is 1. The summed E-state index contributed by atoms with van der Waals surface area (Å²) in [7, 11) is 2.88. The van der Waals surface area contributed by atoms with Crippen molar-refractivity contribution in [2.24, 2.45) is 33.0 Å². The van der Waals surface area contributed by atoms with Gasteiger partial charge >= 0.3 is 12.1 Å². The van der Waals surface area contributed by atoms with E-state index in [1.807, 2.05) is 63.2 Å². The fourth-order valence-corrected chi connectivity index (χ4v) is 6.50. The molecule has 1 saturated carbocycles. The van der Waals surface area contributed by atoms with Crippen LogP contribution < -0.4 is 15.4 Å². The van der Waals surface area contributed by atoms with Crippen molar-refractivity contribution < 1.29 is 33.4 Å². The van der Waals surface area contributed by atoms with Gasteiger partial charge in [0.15, 0.2) is 12.5 Å². The minimum atomic E-state index is -0.605. The number of benzene rings is 3. The summed E-state index contributed by atoms with van der Waals surface area (Å²) in [6.07, 6.45) is 3.08. The predicted molar refractivity (Wildman–Crippen MR) is 198 cm³/mol. The van der Waals surface area contributed by atoms with Gasteiger partial charge in [-0.3, -0.25) is 9.59 Å². The van der Waals surface area contributed by atoms with E-state index in [4.69, 9.17) is 14.2 Å². The molecule has 0 spiro atoms. The molecule has 52 heavy (non-hydrogen) atoms. The number of Topliss-reactive ketones (excluding diaryl/α,β-unsaturated/α-hetero) is 1. The van der Waals surface area contributed by atoms with Crippen LogP contribution in [0.4, 0.5) is 10.5 Å². The van der Waals surface area contributed by atoms with Crippen molar-refractivity contribution in [1.82, 2.24) is 5.32 Å². The molecule has 0 saturated heterocycles. The van der Waals surface area contributed by atoms with Crippen LogP contribution >= 0.6 is 0 Å². The molecule has 0 unspecified atom stereocenters. The van der Waals surface area contributed by atoms with Crippen LogP contribution in [0.5, 0.6) is 5.75 Å². The highest BCUT2D eigenvalue weighted by Crippen LogP contribution is 2.33. The fourth-order valence-electron chi connectivity index (χ4n) is 6.50. The molecule has 1 heterocycles. The molecule has 2 N–H and O–H groups in total. The van der Waals surface area contributed by atoms with Crippen molar-refractivity contribution in [3.8, 4) is 16.9 Å². The second kappa shape index (κ2) is 17.2. The van der Waals surface area contributed by atoms with Crippen molar-refractivity contribution in [3.05, 3.63) is 83.4 Å². The molecule has 5 rings (SSSR count). The van der Waals surface area contributed by atoms with E-state index in [0.29, 0.717) is 55.3 Å². The molecule has 274 valence electrons. The number of hydrogen-bond acceptors (Lipinski definition) is 10. The summed E-state index contributed by atoms with van der Waals surface area (Å²) in [6, 6.07) is 20.2. The molecule has 0 aromatic heterocycles. The van der Waals surface area contributed by atoms with Crippen molar-refractivity contribution >= 4 is 35.3 Å². The first kappa shape index (κ1) is 37.9. The highest BCUT2D eigenvalue weighted by Gasteiger charge is 2.31. The highest BCUT2D eigenvalue weighted by molar-refractivity contribution is 6.01. The number of nitrogens with one attached hydrogen (secondary N) is 2. The van der Waals surface area contributed by atoms with Crippen LogP contribution in [-0.4, -0.2) is 62.6 Å². The van der Waals surface area contributed by atoms with Crippen molar-refractivity contribution in [2.75, 3.05) is 32.7 Å². The van der Waals surface area contributed by atoms with Crippen LogP contribution in [0.15, 0.2) is 82.0 Å². The Balaban J connectivity index is 1.26. The van der Waals surface area contributed by atoms with Gasteiger partial charge < -0.3 is 24.8 Å². The summed E-state index contributed by atoms with van der Waals surface area (Å²) in [6.45, 7) is 6.30. The average Bonchev–Trinajstić information content (AvgIpc) is 3.68. The lowest BCUT2D eigenvalue weighted by Gasteiger charge is -2.29. The molecule has 3 aromatic rings. The van der Waals surface area contributed by atoms with Crippen molar-refractivity contribution in [1.29, 1.82) is 0 Å². The van der Waals surface area contributed by atoms with E-state index in [-0.39, 0.29) is 29.9 Å². The van der Waals surface area contributed by atoms with Crippen LogP contribution in [0.3, 0.4) is 0 Å². The van der Waals surface area contributed by atoms with E-state index >= 15 is 0 Å². The van der Waals surface area contributed by atoms with Gasteiger partial charge in [0.2, 0.25) is 5.91 Å². The van der Waals surface area contributed by atoms with E-state index in [9.17, 15) is 19.2 Å². The maximum atomic E-state index is 13.8. The fraction of sp³-hybridized carbons (Fsp3) is 0.425. The summed E-state index contributed by atoms with van der Waals surface area (Å²) in [5, 5.41) is 13.8. The molecule has 0 radical (unpaired) electrons. The normalized spacial score (nSPS) is 17.4. The molecule has 12 nitrogen and oxygen atoms in total. The Morgan fingerprint density at radius 1 is 0.885 bits per heavy atom. The lowest BCUT2D eigenvalue weighted by molar-refractivity contribution is -0.129. The first-order chi connectivity index (χ1) is 24.9. The summed E-state index contributed by atoms with van der Waals surface area (Å²) in [5.74, 6) is -0.00998. The third-order valence-corrected chi connectivity index (χ3v) is 9.28. The Kier molecular flexibility index (Phi) is 12.5. The maximum Gasteiger partial charge on any atom is 0.407 e. The van der Waals surface area contributed by atoms with E-state index in [2.05, 4.69) is 25.9 Å². The zero-order chi connectivity index (χ0) is 37.3. The van der Waals surface area contributed by atoms with Gasteiger partial charge in [-0.2, -0.15) is 5.11 Å². The SMILES string of the molecule is COC(=O)c1ccc(-c2ccc(C[C@H](CC(=O)C3CCC(CNC(=O)OC(C)(C)C)CC3)C(=O)Nc3ccc(C4=NCN=N4)cc3)cc2)c(OC)c1. The Morgan fingerprint density at radius 3 is 2.19 bits per heavy atom. The Morgan fingerprint density at radius 2 is 1.58 bits per heavy atom. The van der Waals surface area contributed by atoms with Gasteiger partial charge in [-0.15, -0.1) is 5.11 Å². The molecule has 1 fully saturated rings. The van der Waals surface area contributed by atoms with Crippen LogP contribution in [0, 0.1) is 17.8 Å². The van der Waals surface area contributed by atoms with Crippen LogP contribution in [0.25, 0.3) is 11.1 Å². The van der Waals surface area contributed by atoms with E-state index in [0.717, 1.165) is 35.1 Å². The number of rotatable bonds is 13. The Hall–Kier alpha value is -5.39. The van der Waals surface area contributed by atoms with E-state index in [1.165, 1.54) is 7.11 Å². The molecule has 1 aliphatic carbocycles. The first-order valence-corrected chi connectivity index (χ1v) is 17.6. The highest BCUT2D eigenvalue weighted by atomic mass is 16.6.